The zero-order valence-corrected chi connectivity index (χ0v) is 26.0. The van der Waals surface area contributed by atoms with E-state index in [2.05, 4.69) is 10.3 Å². The van der Waals surface area contributed by atoms with Crippen LogP contribution in [0.4, 0.5) is 37.2 Å². The molecule has 0 saturated heterocycles. The molecule has 0 aliphatic heterocycles. The number of carbonyl (C=O) groups excluding carboxylic acids is 2. The number of nitrogens with one attached hydrogen (secondary N) is 2. The summed E-state index contributed by atoms with van der Waals surface area (Å²) in [6.07, 6.45) is -5.99. The average Bonchev–Trinajstić information content (AvgIpc) is 3.52. The van der Waals surface area contributed by atoms with Gasteiger partial charge in [-0.2, -0.15) is 26.3 Å². The Kier molecular flexibility index (Phi) is 9.15. The second kappa shape index (κ2) is 12.2. The number of halogens is 6. The second-order valence-electron chi connectivity index (χ2n) is 12.2. The van der Waals surface area contributed by atoms with Crippen LogP contribution in [0, 0.1) is 30.1 Å². The first-order valence-electron chi connectivity index (χ1n) is 14.3. The van der Waals surface area contributed by atoms with Crippen LogP contribution in [-0.2, 0) is 34.7 Å². The van der Waals surface area contributed by atoms with Crippen LogP contribution in [-0.4, -0.2) is 62.6 Å². The molecular weight excluding hydrogens is 668 g/mol. The number of rotatable bonds is 12. The molecular formula is C28H31F6N3O7S2. The van der Waals surface area contributed by atoms with Gasteiger partial charge in [0.2, 0.25) is 0 Å². The number of hydrogen-bond donors (Lipinski definition) is 3. The summed E-state index contributed by atoms with van der Waals surface area (Å²) >= 11 is 0.545. The lowest BCUT2D eigenvalue weighted by Gasteiger charge is -2.37. The number of amides is 1. The molecule has 10 nitrogen and oxygen atoms in total. The molecule has 2 atom stereocenters. The Labute approximate surface area is 263 Å². The average molecular weight is 700 g/mol. The zero-order valence-electron chi connectivity index (χ0n) is 24.3. The topological polar surface area (TPSA) is 144 Å². The summed E-state index contributed by atoms with van der Waals surface area (Å²) in [7, 11) is -4.44. The maximum atomic E-state index is 13.1. The van der Waals surface area contributed by atoms with Gasteiger partial charge in [-0.3, -0.25) is 19.6 Å². The molecule has 0 spiro atoms. The van der Waals surface area contributed by atoms with Gasteiger partial charge in [0.25, 0.3) is 21.5 Å². The number of ether oxygens (including phenoxy) is 2. The van der Waals surface area contributed by atoms with Crippen LogP contribution in [0.1, 0.15) is 49.8 Å². The first kappa shape index (κ1) is 34.4. The maximum Gasteiger partial charge on any atom is 0.430 e. The van der Waals surface area contributed by atoms with Crippen molar-refractivity contribution in [2.75, 3.05) is 29.9 Å². The van der Waals surface area contributed by atoms with Crippen molar-refractivity contribution in [1.82, 2.24) is 4.98 Å². The van der Waals surface area contributed by atoms with Gasteiger partial charge < -0.3 is 14.6 Å². The molecule has 0 radical (unpaired) electrons. The summed E-state index contributed by atoms with van der Waals surface area (Å²) < 4.78 is 117. The zero-order chi connectivity index (χ0) is 33.7. The summed E-state index contributed by atoms with van der Waals surface area (Å²) in [6.45, 7) is 0.793. The molecule has 2 aromatic rings. The first-order valence-corrected chi connectivity index (χ1v) is 16.6. The molecule has 2 unspecified atom stereocenters. The molecule has 4 fully saturated rings. The third-order valence-corrected chi connectivity index (χ3v) is 12.0. The van der Waals surface area contributed by atoms with Crippen LogP contribution >= 0.6 is 11.3 Å². The van der Waals surface area contributed by atoms with E-state index >= 15 is 0 Å². The van der Waals surface area contributed by atoms with E-state index in [9.17, 15) is 49.5 Å². The van der Waals surface area contributed by atoms with Gasteiger partial charge in [-0.05, 0) is 74.3 Å². The van der Waals surface area contributed by atoms with Gasteiger partial charge in [0.15, 0.2) is 9.34 Å². The quantitative estimate of drug-likeness (QED) is 0.154. The van der Waals surface area contributed by atoms with Crippen molar-refractivity contribution < 1.29 is 58.9 Å². The second-order valence-corrected chi connectivity index (χ2v) is 15.1. The minimum absolute atomic E-state index is 0.0322. The number of hydrogen-bond acceptors (Lipinski definition) is 9. The predicted octanol–water partition coefficient (Wildman–Crippen LogP) is 5.28. The van der Waals surface area contributed by atoms with Gasteiger partial charge in [0, 0.05) is 11.3 Å². The number of alkyl halides is 6. The molecule has 254 valence electrons. The fourth-order valence-corrected chi connectivity index (χ4v) is 9.73. The molecule has 4 bridgehead atoms. The van der Waals surface area contributed by atoms with Crippen molar-refractivity contribution in [1.29, 1.82) is 0 Å². The Morgan fingerprint density at radius 3 is 2.20 bits per heavy atom. The van der Waals surface area contributed by atoms with Gasteiger partial charge in [-0.15, -0.1) is 0 Å². The van der Waals surface area contributed by atoms with E-state index in [4.69, 9.17) is 9.47 Å². The van der Waals surface area contributed by atoms with Crippen LogP contribution < -0.4 is 10.0 Å². The van der Waals surface area contributed by atoms with E-state index in [1.807, 2.05) is 4.72 Å². The maximum absolute atomic E-state index is 13.1. The largest absolute Gasteiger partial charge is 0.463 e. The van der Waals surface area contributed by atoms with E-state index in [0.717, 1.165) is 37.0 Å². The summed E-state index contributed by atoms with van der Waals surface area (Å²) in [6, 6.07) is 1.86. The number of benzene rings is 1. The summed E-state index contributed by atoms with van der Waals surface area (Å²) in [4.78, 5) is 28.7. The normalized spacial score (nSPS) is 24.3. The fraction of sp³-hybridized carbons (Fsp3) is 0.607. The van der Waals surface area contributed by atoms with Gasteiger partial charge in [-0.25, -0.2) is 13.4 Å². The summed E-state index contributed by atoms with van der Waals surface area (Å²) in [5, 5.41) is 11.8. The highest BCUT2D eigenvalue weighted by Crippen LogP contribution is 2.65. The van der Waals surface area contributed by atoms with Crippen LogP contribution in [0.5, 0.6) is 0 Å². The van der Waals surface area contributed by atoms with E-state index in [0.29, 0.717) is 42.0 Å². The summed E-state index contributed by atoms with van der Waals surface area (Å²) in [5.41, 5.74) is -7.11. The SMILES string of the molecule is Cc1nc(NC(=O)COCCOC(=O)CC23CC4CC(C2)C(C4)C3)sc1S(=O)(=O)Nc1ccc(C(O)(C(F)(F)F)C(F)(F)F)cc1. The van der Waals surface area contributed by atoms with Crippen molar-refractivity contribution in [3.05, 3.63) is 35.5 Å². The van der Waals surface area contributed by atoms with E-state index in [1.54, 1.807) is 0 Å². The van der Waals surface area contributed by atoms with Crippen LogP contribution in [0.3, 0.4) is 0 Å². The highest BCUT2D eigenvalue weighted by atomic mass is 32.2. The van der Waals surface area contributed by atoms with Gasteiger partial charge >= 0.3 is 18.3 Å². The Morgan fingerprint density at radius 1 is 1.02 bits per heavy atom. The third-order valence-electron chi connectivity index (χ3n) is 8.91. The Bertz CT molecular complexity index is 1540. The van der Waals surface area contributed by atoms with Crippen LogP contribution in [0.15, 0.2) is 28.5 Å². The number of sulfonamides is 1. The highest BCUT2D eigenvalue weighted by molar-refractivity contribution is 7.94. The smallest absolute Gasteiger partial charge is 0.430 e. The molecule has 18 heteroatoms. The highest BCUT2D eigenvalue weighted by Gasteiger charge is 2.71. The monoisotopic (exact) mass is 699 g/mol. The lowest BCUT2D eigenvalue weighted by Crippen LogP contribution is -2.53. The van der Waals surface area contributed by atoms with Crippen molar-refractivity contribution in [3.8, 4) is 0 Å². The number of carbonyl (C=O) groups is 2. The standard InChI is InChI=1S/C28H31F6N3O7S2/c1-15-23(46(41,42)37-20-4-2-19(3-5-20)26(40,27(29,30)31)28(32,33)34)45-24(35-15)36-21(38)14-43-6-7-44-22(39)13-25-10-16-8-17(11-25)18(9-16)12-25/h2-5,16-18,37,40H,6-14H2,1H3,(H,35,36,38). The molecule has 46 heavy (non-hydrogen) atoms. The molecule has 4 saturated carbocycles. The fourth-order valence-electron chi connectivity index (χ4n) is 7.24. The lowest BCUT2D eigenvalue weighted by atomic mass is 9.68. The number of aliphatic hydroxyl groups is 1. The number of esters is 1. The lowest BCUT2D eigenvalue weighted by molar-refractivity contribution is -0.376. The third kappa shape index (κ3) is 6.85. The molecule has 3 N–H and O–H groups in total. The van der Waals surface area contributed by atoms with E-state index in [1.165, 1.54) is 19.8 Å². The van der Waals surface area contributed by atoms with Crippen LogP contribution in [0.2, 0.25) is 0 Å². The van der Waals surface area contributed by atoms with Crippen molar-refractivity contribution >= 4 is 44.1 Å². The van der Waals surface area contributed by atoms with Crippen molar-refractivity contribution in [2.24, 2.45) is 23.2 Å². The van der Waals surface area contributed by atoms with E-state index < -0.39 is 51.7 Å². The Balaban J connectivity index is 1.08. The molecule has 1 aromatic carbocycles. The number of aromatic nitrogens is 1. The molecule has 1 amide bonds. The van der Waals surface area contributed by atoms with Crippen LogP contribution in [0.25, 0.3) is 0 Å². The number of nitrogens with zero attached hydrogens (tertiary/aromatic N) is 1. The molecule has 1 heterocycles. The Morgan fingerprint density at radius 2 is 1.63 bits per heavy atom. The minimum atomic E-state index is -6.10. The van der Waals surface area contributed by atoms with Crippen molar-refractivity contribution in [3.63, 3.8) is 0 Å². The summed E-state index contributed by atoms with van der Waals surface area (Å²) in [5.74, 6) is 1.25. The molecule has 4 aliphatic carbocycles. The number of aryl methyl sites for hydroxylation is 1. The van der Waals surface area contributed by atoms with Crippen molar-refractivity contribution in [2.45, 2.75) is 67.6 Å². The minimum Gasteiger partial charge on any atom is -0.463 e. The molecule has 6 rings (SSSR count). The molecule has 4 aliphatic rings. The predicted molar refractivity (Wildman–Crippen MR) is 151 cm³/mol. The number of anilines is 2. The Hall–Kier alpha value is -2.96. The van der Waals surface area contributed by atoms with Gasteiger partial charge in [-0.1, -0.05) is 23.5 Å². The van der Waals surface area contributed by atoms with E-state index in [-0.39, 0.29) is 39.6 Å². The van der Waals surface area contributed by atoms with Gasteiger partial charge in [0.1, 0.15) is 13.2 Å². The number of thiazole rings is 1. The first-order chi connectivity index (χ1) is 21.3. The molecule has 1 aromatic heterocycles. The van der Waals surface area contributed by atoms with Gasteiger partial charge in [0.05, 0.1) is 18.7 Å².